The van der Waals surface area contributed by atoms with Crippen LogP contribution in [-0.2, 0) is 6.42 Å². The van der Waals surface area contributed by atoms with Gasteiger partial charge in [0.2, 0.25) is 0 Å². The lowest BCUT2D eigenvalue weighted by Crippen LogP contribution is -2.39. The fourth-order valence-corrected chi connectivity index (χ4v) is 2.15. The van der Waals surface area contributed by atoms with Crippen LogP contribution in [0.5, 0.6) is 0 Å². The fourth-order valence-electron chi connectivity index (χ4n) is 2.15. The van der Waals surface area contributed by atoms with E-state index in [0.717, 1.165) is 12.0 Å². The topological polar surface area (TPSA) is 52.5 Å². The van der Waals surface area contributed by atoms with Gasteiger partial charge < -0.3 is 15.5 Å². The van der Waals surface area contributed by atoms with Gasteiger partial charge in [-0.2, -0.15) is 0 Å². The van der Waals surface area contributed by atoms with E-state index in [1.54, 1.807) is 13.1 Å². The van der Waals surface area contributed by atoms with E-state index < -0.39 is 6.10 Å². The first-order valence-corrected chi connectivity index (χ1v) is 7.44. The van der Waals surface area contributed by atoms with Gasteiger partial charge in [-0.1, -0.05) is 56.2 Å². The van der Waals surface area contributed by atoms with Crippen LogP contribution in [0.4, 0.5) is 0 Å². The molecule has 0 fully saturated rings. The van der Waals surface area contributed by atoms with Gasteiger partial charge in [0.25, 0.3) is 0 Å². The van der Waals surface area contributed by atoms with Crippen molar-refractivity contribution < 1.29 is 10.2 Å². The van der Waals surface area contributed by atoms with E-state index in [1.807, 2.05) is 12.1 Å². The molecule has 0 bridgehead atoms. The third kappa shape index (κ3) is 5.87. The summed E-state index contributed by atoms with van der Waals surface area (Å²) < 4.78 is 0. The second kappa shape index (κ2) is 9.70. The predicted molar refractivity (Wildman–Crippen MR) is 84.6 cm³/mol. The molecule has 1 aromatic rings. The molecule has 0 saturated carbocycles. The van der Waals surface area contributed by atoms with Crippen molar-refractivity contribution in [1.82, 2.24) is 5.32 Å². The Bertz CT molecular complexity index is 400. The van der Waals surface area contributed by atoms with E-state index in [0.29, 0.717) is 0 Å². The maximum absolute atomic E-state index is 9.90. The number of benzene rings is 1. The molecule has 2 atom stereocenters. The summed E-state index contributed by atoms with van der Waals surface area (Å²) in [4.78, 5) is 0. The molecule has 0 amide bonds. The Kier molecular flexibility index (Phi) is 8.19. The molecule has 0 aliphatic rings. The van der Waals surface area contributed by atoms with Gasteiger partial charge in [0.1, 0.15) is 0 Å². The average Bonchev–Trinajstić information content (AvgIpc) is 2.47. The number of hydrogen-bond donors (Lipinski definition) is 3. The van der Waals surface area contributed by atoms with E-state index in [2.05, 4.69) is 30.4 Å². The molecule has 112 valence electrons. The van der Waals surface area contributed by atoms with Gasteiger partial charge in [0.15, 0.2) is 0 Å². The molecule has 20 heavy (non-hydrogen) atoms. The van der Waals surface area contributed by atoms with Crippen molar-refractivity contribution in [2.75, 3.05) is 13.7 Å². The Morgan fingerprint density at radius 3 is 2.75 bits per heavy atom. The number of likely N-dealkylation sites (N-methyl/N-ethyl adjacent to an activating group) is 1. The Hall–Kier alpha value is -1.16. The zero-order chi connectivity index (χ0) is 14.8. The Balaban J connectivity index is 2.60. The highest BCUT2D eigenvalue weighted by molar-refractivity contribution is 5.51. The van der Waals surface area contributed by atoms with Crippen LogP contribution < -0.4 is 5.32 Å². The van der Waals surface area contributed by atoms with E-state index in [9.17, 15) is 5.11 Å². The smallest absolute Gasteiger partial charge is 0.0899 e. The highest BCUT2D eigenvalue weighted by Crippen LogP contribution is 2.11. The highest BCUT2D eigenvalue weighted by Gasteiger charge is 2.12. The number of unbranched alkanes of at least 4 members (excludes halogenated alkanes) is 2. The van der Waals surface area contributed by atoms with Gasteiger partial charge in [-0.05, 0) is 31.0 Å². The monoisotopic (exact) mass is 277 g/mol. The molecule has 3 heteroatoms. The van der Waals surface area contributed by atoms with Crippen LogP contribution >= 0.6 is 0 Å². The summed E-state index contributed by atoms with van der Waals surface area (Å²) in [6, 6.07) is 8.06. The van der Waals surface area contributed by atoms with Crippen molar-refractivity contribution in [3.8, 4) is 0 Å². The number of aliphatic hydroxyl groups is 2. The second-order valence-electron chi connectivity index (χ2n) is 5.13. The minimum absolute atomic E-state index is 0.0843. The van der Waals surface area contributed by atoms with Gasteiger partial charge in [-0.15, -0.1) is 0 Å². The second-order valence-corrected chi connectivity index (χ2v) is 5.13. The minimum atomic E-state index is -0.686. The summed E-state index contributed by atoms with van der Waals surface area (Å²) in [5, 5.41) is 21.9. The van der Waals surface area contributed by atoms with Crippen molar-refractivity contribution in [3.05, 3.63) is 41.5 Å². The lowest BCUT2D eigenvalue weighted by Gasteiger charge is -2.16. The van der Waals surface area contributed by atoms with Crippen LogP contribution in [0, 0.1) is 0 Å². The third-order valence-electron chi connectivity index (χ3n) is 3.49. The first-order chi connectivity index (χ1) is 9.71. The first-order valence-electron chi connectivity index (χ1n) is 7.44. The van der Waals surface area contributed by atoms with E-state index in [4.69, 9.17) is 5.11 Å². The summed E-state index contributed by atoms with van der Waals surface area (Å²) in [6.45, 7) is 2.12. The fraction of sp³-hybridized carbons (Fsp3) is 0.529. The zero-order valence-electron chi connectivity index (χ0n) is 12.5. The molecule has 1 rings (SSSR count). The van der Waals surface area contributed by atoms with Crippen molar-refractivity contribution in [1.29, 1.82) is 0 Å². The summed E-state index contributed by atoms with van der Waals surface area (Å²) in [5.74, 6) is 0. The molecule has 3 nitrogen and oxygen atoms in total. The van der Waals surface area contributed by atoms with Gasteiger partial charge >= 0.3 is 0 Å². The Labute approximate surface area is 122 Å². The molecule has 0 heterocycles. The molecular weight excluding hydrogens is 250 g/mol. The molecule has 0 aromatic heterocycles. The van der Waals surface area contributed by atoms with Crippen LogP contribution in [0.25, 0.3) is 6.08 Å². The van der Waals surface area contributed by atoms with Crippen molar-refractivity contribution in [3.63, 3.8) is 0 Å². The Morgan fingerprint density at radius 1 is 1.30 bits per heavy atom. The quantitative estimate of drug-likeness (QED) is 0.607. The molecule has 0 unspecified atom stereocenters. The van der Waals surface area contributed by atoms with Crippen molar-refractivity contribution in [2.24, 2.45) is 0 Å². The van der Waals surface area contributed by atoms with Crippen LogP contribution in [0.2, 0.25) is 0 Å². The summed E-state index contributed by atoms with van der Waals surface area (Å²) in [7, 11) is 1.73. The molecule has 1 aromatic carbocycles. The maximum atomic E-state index is 9.90. The van der Waals surface area contributed by atoms with Crippen LogP contribution in [0.15, 0.2) is 30.3 Å². The van der Waals surface area contributed by atoms with Crippen LogP contribution in [0.1, 0.15) is 37.3 Å². The van der Waals surface area contributed by atoms with Gasteiger partial charge in [-0.3, -0.25) is 0 Å². The number of aryl methyl sites for hydroxylation is 1. The largest absolute Gasteiger partial charge is 0.395 e. The Morgan fingerprint density at radius 2 is 2.10 bits per heavy atom. The van der Waals surface area contributed by atoms with Crippen molar-refractivity contribution in [2.45, 2.75) is 44.8 Å². The number of hydrogen-bond acceptors (Lipinski definition) is 3. The first kappa shape index (κ1) is 16.9. The minimum Gasteiger partial charge on any atom is -0.395 e. The molecule has 3 N–H and O–H groups in total. The van der Waals surface area contributed by atoms with Gasteiger partial charge in [0.05, 0.1) is 18.8 Å². The van der Waals surface area contributed by atoms with E-state index >= 15 is 0 Å². The van der Waals surface area contributed by atoms with E-state index in [-0.39, 0.29) is 12.6 Å². The standard InChI is InChI=1S/C17H27NO2/c1-3-4-5-7-14-8-6-9-15(12-14)10-11-17(20)16(13-19)18-2/h6,8-12,16-20H,3-5,7,13H2,1-2H3/b11-10+/t16-,17+/m1/s1. The van der Waals surface area contributed by atoms with Gasteiger partial charge in [-0.25, -0.2) is 0 Å². The predicted octanol–water partition coefficient (Wildman–Crippen LogP) is 2.37. The lowest BCUT2D eigenvalue weighted by atomic mass is 10.0. The summed E-state index contributed by atoms with van der Waals surface area (Å²) >= 11 is 0. The molecule has 0 aliphatic carbocycles. The molecule has 0 aliphatic heterocycles. The van der Waals surface area contributed by atoms with Crippen molar-refractivity contribution >= 4 is 6.08 Å². The normalized spacial score (nSPS) is 14.6. The summed E-state index contributed by atoms with van der Waals surface area (Å²) in [6.07, 6.45) is 7.77. The maximum Gasteiger partial charge on any atom is 0.0899 e. The number of nitrogens with one attached hydrogen (secondary N) is 1. The van der Waals surface area contributed by atoms with Crippen LogP contribution in [-0.4, -0.2) is 36.0 Å². The molecule has 0 spiro atoms. The van der Waals surface area contributed by atoms with Gasteiger partial charge in [0, 0.05) is 0 Å². The average molecular weight is 277 g/mol. The summed E-state index contributed by atoms with van der Waals surface area (Å²) in [5.41, 5.74) is 2.42. The third-order valence-corrected chi connectivity index (χ3v) is 3.49. The number of rotatable bonds is 9. The highest BCUT2D eigenvalue weighted by atomic mass is 16.3. The SMILES string of the molecule is CCCCCc1cccc(/C=C/[C@H](O)[C@@H](CO)NC)c1. The molecule has 0 radical (unpaired) electrons. The lowest BCUT2D eigenvalue weighted by molar-refractivity contribution is 0.128. The van der Waals surface area contributed by atoms with Crippen LogP contribution in [0.3, 0.4) is 0 Å². The van der Waals surface area contributed by atoms with E-state index in [1.165, 1.54) is 24.8 Å². The zero-order valence-corrected chi connectivity index (χ0v) is 12.5. The molecular formula is C17H27NO2. The number of aliphatic hydroxyl groups excluding tert-OH is 2. The molecule has 0 saturated heterocycles.